The van der Waals surface area contributed by atoms with Crippen molar-refractivity contribution in [1.29, 1.82) is 0 Å². The zero-order valence-corrected chi connectivity index (χ0v) is 18.2. The number of carbonyl (C=O) groups is 2. The number of alkyl halides is 3. The lowest BCUT2D eigenvalue weighted by Crippen LogP contribution is -2.31. The van der Waals surface area contributed by atoms with E-state index < -0.39 is 29.7 Å². The molecule has 0 aliphatic carbocycles. The van der Waals surface area contributed by atoms with Gasteiger partial charge in [0.2, 0.25) is 0 Å². The van der Waals surface area contributed by atoms with Gasteiger partial charge in [-0.15, -0.1) is 13.2 Å². The van der Waals surface area contributed by atoms with Crippen molar-refractivity contribution in [3.63, 3.8) is 0 Å². The van der Waals surface area contributed by atoms with Gasteiger partial charge in [0.25, 0.3) is 11.8 Å². The van der Waals surface area contributed by atoms with Gasteiger partial charge in [0.15, 0.2) is 5.75 Å². The SMILES string of the molecule is O=C(Nc1ccccc1OC(F)(F)F)C(=Cc1ccc(Br)c(F)c1)NC(=O)c1ccccc1. The molecule has 2 N–H and O–H groups in total. The van der Waals surface area contributed by atoms with Crippen molar-refractivity contribution in [2.75, 3.05) is 5.32 Å². The molecule has 3 rings (SSSR count). The van der Waals surface area contributed by atoms with Crippen LogP contribution in [-0.2, 0) is 4.79 Å². The van der Waals surface area contributed by atoms with Crippen LogP contribution in [0.5, 0.6) is 5.75 Å². The van der Waals surface area contributed by atoms with E-state index in [4.69, 9.17) is 0 Å². The summed E-state index contributed by atoms with van der Waals surface area (Å²) in [4.78, 5) is 25.5. The fourth-order valence-corrected chi connectivity index (χ4v) is 2.93. The van der Waals surface area contributed by atoms with E-state index in [0.717, 1.165) is 12.1 Å². The van der Waals surface area contributed by atoms with E-state index in [0.29, 0.717) is 0 Å². The Hall–Kier alpha value is -3.66. The number of amides is 2. The van der Waals surface area contributed by atoms with Crippen molar-refractivity contribution in [2.24, 2.45) is 0 Å². The van der Waals surface area contributed by atoms with Gasteiger partial charge in [-0.2, -0.15) is 0 Å². The third kappa shape index (κ3) is 6.91. The molecule has 5 nitrogen and oxygen atoms in total. The Labute approximate surface area is 194 Å². The maximum Gasteiger partial charge on any atom is 0.573 e. The van der Waals surface area contributed by atoms with Crippen molar-refractivity contribution >= 4 is 39.5 Å². The van der Waals surface area contributed by atoms with Gasteiger partial charge in [-0.1, -0.05) is 36.4 Å². The monoisotopic (exact) mass is 522 g/mol. The molecule has 170 valence electrons. The molecule has 0 heterocycles. The van der Waals surface area contributed by atoms with Crippen molar-refractivity contribution in [1.82, 2.24) is 5.32 Å². The Morgan fingerprint density at radius 3 is 2.27 bits per heavy atom. The normalized spacial score (nSPS) is 11.6. The quantitative estimate of drug-likeness (QED) is 0.313. The lowest BCUT2D eigenvalue weighted by Gasteiger charge is -2.15. The lowest BCUT2D eigenvalue weighted by atomic mass is 10.1. The number of anilines is 1. The molecule has 0 bridgehead atoms. The summed E-state index contributed by atoms with van der Waals surface area (Å²) in [7, 11) is 0. The second kappa shape index (κ2) is 10.3. The summed E-state index contributed by atoms with van der Waals surface area (Å²) in [5.41, 5.74) is -0.137. The van der Waals surface area contributed by atoms with Crippen LogP contribution >= 0.6 is 15.9 Å². The summed E-state index contributed by atoms with van der Waals surface area (Å²) in [6, 6.07) is 16.9. The summed E-state index contributed by atoms with van der Waals surface area (Å²) in [5.74, 6) is -2.83. The van der Waals surface area contributed by atoms with Crippen molar-refractivity contribution in [3.05, 3.63) is 99.9 Å². The topological polar surface area (TPSA) is 67.4 Å². The molecule has 0 saturated carbocycles. The molecule has 0 aromatic heterocycles. The van der Waals surface area contributed by atoms with E-state index in [1.807, 2.05) is 0 Å². The third-order valence-electron chi connectivity index (χ3n) is 4.14. The zero-order valence-electron chi connectivity index (χ0n) is 16.6. The van der Waals surface area contributed by atoms with Gasteiger partial charge >= 0.3 is 6.36 Å². The lowest BCUT2D eigenvalue weighted by molar-refractivity contribution is -0.274. The Bertz CT molecular complexity index is 1200. The van der Waals surface area contributed by atoms with Crippen molar-refractivity contribution < 1.29 is 31.9 Å². The van der Waals surface area contributed by atoms with Crippen LogP contribution in [0, 0.1) is 5.82 Å². The number of nitrogens with one attached hydrogen (secondary N) is 2. The molecular weight excluding hydrogens is 508 g/mol. The fraction of sp³-hybridized carbons (Fsp3) is 0.0435. The van der Waals surface area contributed by atoms with Gasteiger partial charge in [-0.25, -0.2) is 4.39 Å². The van der Waals surface area contributed by atoms with Crippen LogP contribution in [0.3, 0.4) is 0 Å². The molecule has 3 aromatic rings. The second-order valence-electron chi connectivity index (χ2n) is 6.55. The highest BCUT2D eigenvalue weighted by Gasteiger charge is 2.32. The van der Waals surface area contributed by atoms with Gasteiger partial charge in [-0.3, -0.25) is 9.59 Å². The number of ether oxygens (including phenoxy) is 1. The van der Waals surface area contributed by atoms with E-state index in [1.165, 1.54) is 48.5 Å². The smallest absolute Gasteiger partial charge is 0.404 e. The Morgan fingerprint density at radius 1 is 0.939 bits per heavy atom. The molecule has 0 spiro atoms. The highest BCUT2D eigenvalue weighted by Crippen LogP contribution is 2.30. The average molecular weight is 523 g/mol. The van der Waals surface area contributed by atoms with E-state index in [-0.39, 0.29) is 27.0 Å². The molecule has 2 amide bonds. The molecule has 0 saturated heterocycles. The van der Waals surface area contributed by atoms with Gasteiger partial charge in [-0.05, 0) is 64.0 Å². The zero-order chi connectivity index (χ0) is 24.0. The first-order valence-electron chi connectivity index (χ1n) is 9.31. The van der Waals surface area contributed by atoms with Crippen LogP contribution < -0.4 is 15.4 Å². The summed E-state index contributed by atoms with van der Waals surface area (Å²) >= 11 is 3.02. The van der Waals surface area contributed by atoms with Crippen LogP contribution in [0.2, 0.25) is 0 Å². The van der Waals surface area contributed by atoms with Gasteiger partial charge in [0.1, 0.15) is 11.5 Å². The largest absolute Gasteiger partial charge is 0.573 e. The van der Waals surface area contributed by atoms with Gasteiger partial charge < -0.3 is 15.4 Å². The number of para-hydroxylation sites is 2. The standard InChI is InChI=1S/C23H15BrF4N2O3/c24-16-11-10-14(12-17(16)25)13-19(30-21(31)15-6-2-1-3-7-15)22(32)29-18-8-4-5-9-20(18)33-23(26,27)28/h1-13H,(H,29,32)(H,30,31). The Kier molecular flexibility index (Phi) is 7.49. The first-order valence-corrected chi connectivity index (χ1v) is 10.1. The third-order valence-corrected chi connectivity index (χ3v) is 4.79. The predicted molar refractivity (Wildman–Crippen MR) is 118 cm³/mol. The summed E-state index contributed by atoms with van der Waals surface area (Å²) < 4.78 is 56.1. The van der Waals surface area contributed by atoms with E-state index in [1.54, 1.807) is 18.2 Å². The molecule has 33 heavy (non-hydrogen) atoms. The van der Waals surface area contributed by atoms with Crippen LogP contribution in [0.15, 0.2) is 83.0 Å². The Morgan fingerprint density at radius 2 is 1.61 bits per heavy atom. The number of hydrogen-bond acceptors (Lipinski definition) is 3. The molecule has 10 heteroatoms. The minimum Gasteiger partial charge on any atom is -0.404 e. The minimum atomic E-state index is -4.98. The minimum absolute atomic E-state index is 0.192. The molecule has 0 fully saturated rings. The highest BCUT2D eigenvalue weighted by atomic mass is 79.9. The second-order valence-corrected chi connectivity index (χ2v) is 7.40. The predicted octanol–water partition coefficient (Wildman–Crippen LogP) is 5.90. The van der Waals surface area contributed by atoms with Crippen molar-refractivity contribution in [2.45, 2.75) is 6.36 Å². The summed E-state index contributed by atoms with van der Waals surface area (Å²) in [5, 5.41) is 4.70. The van der Waals surface area contributed by atoms with Crippen LogP contribution in [0.1, 0.15) is 15.9 Å². The van der Waals surface area contributed by atoms with Crippen LogP contribution in [0.4, 0.5) is 23.2 Å². The Balaban J connectivity index is 1.93. The number of carbonyl (C=O) groups excluding carboxylic acids is 2. The first-order chi connectivity index (χ1) is 15.6. The number of hydrogen-bond donors (Lipinski definition) is 2. The van der Waals surface area contributed by atoms with E-state index in [2.05, 4.69) is 31.3 Å². The average Bonchev–Trinajstić information content (AvgIpc) is 2.76. The number of halogens is 5. The summed E-state index contributed by atoms with van der Waals surface area (Å²) in [6.07, 6.45) is -3.78. The van der Waals surface area contributed by atoms with E-state index >= 15 is 0 Å². The molecule has 0 aliphatic heterocycles. The van der Waals surface area contributed by atoms with E-state index in [9.17, 15) is 27.2 Å². The summed E-state index contributed by atoms with van der Waals surface area (Å²) in [6.45, 7) is 0. The highest BCUT2D eigenvalue weighted by molar-refractivity contribution is 9.10. The molecule has 0 aliphatic rings. The molecule has 0 unspecified atom stereocenters. The molecule has 3 aromatic carbocycles. The first kappa shape index (κ1) is 24.0. The molecule has 0 radical (unpaired) electrons. The maximum atomic E-state index is 13.9. The van der Waals surface area contributed by atoms with Crippen LogP contribution in [-0.4, -0.2) is 18.2 Å². The van der Waals surface area contributed by atoms with Gasteiger partial charge in [0, 0.05) is 5.56 Å². The van der Waals surface area contributed by atoms with Crippen molar-refractivity contribution in [3.8, 4) is 5.75 Å². The molecular formula is C23H15BrF4N2O3. The fourth-order valence-electron chi connectivity index (χ4n) is 2.68. The number of benzene rings is 3. The van der Waals surface area contributed by atoms with Gasteiger partial charge in [0.05, 0.1) is 10.2 Å². The van der Waals surface area contributed by atoms with Crippen LogP contribution in [0.25, 0.3) is 6.08 Å². The maximum absolute atomic E-state index is 13.9. The number of rotatable bonds is 6. The molecule has 0 atom stereocenters.